The fraction of sp³-hybridized carbons (Fsp3) is 0.235. The zero-order valence-corrected chi connectivity index (χ0v) is 12.2. The number of hydrogen-bond acceptors (Lipinski definition) is 5. The van der Waals surface area contributed by atoms with Crippen molar-refractivity contribution in [2.24, 2.45) is 0 Å². The molecule has 0 radical (unpaired) electrons. The van der Waals surface area contributed by atoms with Gasteiger partial charge in [-0.05, 0) is 42.5 Å². The van der Waals surface area contributed by atoms with E-state index in [9.17, 15) is 0 Å². The fourth-order valence-electron chi connectivity index (χ4n) is 2.74. The van der Waals surface area contributed by atoms with Crippen LogP contribution in [-0.2, 0) is 0 Å². The summed E-state index contributed by atoms with van der Waals surface area (Å²) < 4.78 is 0. The van der Waals surface area contributed by atoms with Gasteiger partial charge in [-0.1, -0.05) is 6.07 Å². The molecule has 2 aromatic carbocycles. The first-order chi connectivity index (χ1) is 10.8. The van der Waals surface area contributed by atoms with Crippen molar-refractivity contribution in [3.05, 3.63) is 54.1 Å². The van der Waals surface area contributed by atoms with Gasteiger partial charge >= 0.3 is 0 Å². The lowest BCUT2D eigenvalue weighted by Crippen LogP contribution is -2.46. The summed E-state index contributed by atoms with van der Waals surface area (Å²) in [6.45, 7) is 3.72. The van der Waals surface area contributed by atoms with Gasteiger partial charge in [0, 0.05) is 37.6 Å². The van der Waals surface area contributed by atoms with Crippen LogP contribution in [0.5, 0.6) is 0 Å². The third-order valence-corrected chi connectivity index (χ3v) is 3.98. The quantitative estimate of drug-likeness (QED) is 0.852. The molecule has 1 saturated heterocycles. The highest BCUT2D eigenvalue weighted by Gasteiger charge is 2.17. The lowest BCUT2D eigenvalue weighted by molar-refractivity contribution is 0.389. The predicted molar refractivity (Wildman–Crippen MR) is 87.4 cm³/mol. The molecular weight excluding hydrogens is 276 g/mol. The Kier molecular flexibility index (Phi) is 4.12. The van der Waals surface area contributed by atoms with Crippen LogP contribution in [0.25, 0.3) is 0 Å². The summed E-state index contributed by atoms with van der Waals surface area (Å²) in [5.41, 5.74) is 5.80. The van der Waals surface area contributed by atoms with Crippen LogP contribution in [0.3, 0.4) is 0 Å². The smallest absolute Gasteiger partial charge is 0.0992 e. The number of anilines is 3. The normalized spacial score (nSPS) is 14.5. The van der Waals surface area contributed by atoms with E-state index in [1.165, 1.54) is 0 Å². The first kappa shape index (κ1) is 14.2. The molecule has 1 aliphatic rings. The van der Waals surface area contributed by atoms with Crippen LogP contribution >= 0.6 is 0 Å². The van der Waals surface area contributed by atoms with Crippen LogP contribution in [-0.4, -0.2) is 31.4 Å². The molecule has 22 heavy (non-hydrogen) atoms. The van der Waals surface area contributed by atoms with Crippen molar-refractivity contribution in [1.82, 2.24) is 0 Å². The van der Waals surface area contributed by atoms with Crippen LogP contribution < -0.4 is 15.3 Å². The molecule has 0 spiro atoms. The molecule has 2 N–H and O–H groups in total. The van der Waals surface area contributed by atoms with Gasteiger partial charge in [-0.15, -0.1) is 0 Å². The SMILES string of the molecule is N#Cc1cccc(N2CCN(c3ccc(NO)cc3)CC2)c1. The molecule has 0 bridgehead atoms. The van der Waals surface area contributed by atoms with Gasteiger partial charge in [0.2, 0.25) is 0 Å². The maximum absolute atomic E-state index is 8.99. The summed E-state index contributed by atoms with van der Waals surface area (Å²) in [4.78, 5) is 4.63. The van der Waals surface area contributed by atoms with Gasteiger partial charge < -0.3 is 9.80 Å². The molecule has 5 heteroatoms. The van der Waals surface area contributed by atoms with Crippen LogP contribution in [0.2, 0.25) is 0 Å². The lowest BCUT2D eigenvalue weighted by Gasteiger charge is -2.37. The lowest BCUT2D eigenvalue weighted by atomic mass is 10.1. The van der Waals surface area contributed by atoms with Crippen LogP contribution in [0.15, 0.2) is 48.5 Å². The number of rotatable bonds is 3. The summed E-state index contributed by atoms with van der Waals surface area (Å²) in [7, 11) is 0. The molecule has 0 amide bonds. The number of nitriles is 1. The highest BCUT2D eigenvalue weighted by atomic mass is 16.5. The molecule has 0 aromatic heterocycles. The minimum atomic E-state index is 0.690. The summed E-state index contributed by atoms with van der Waals surface area (Å²) in [5.74, 6) is 0. The highest BCUT2D eigenvalue weighted by molar-refractivity contribution is 5.57. The van der Waals surface area contributed by atoms with Crippen molar-refractivity contribution < 1.29 is 5.21 Å². The molecule has 1 fully saturated rings. The summed E-state index contributed by atoms with van der Waals surface area (Å²) in [5, 5.41) is 17.8. The summed E-state index contributed by atoms with van der Waals surface area (Å²) in [6.07, 6.45) is 0. The van der Waals surface area contributed by atoms with Crippen LogP contribution in [0.1, 0.15) is 5.56 Å². The average Bonchev–Trinajstić information content (AvgIpc) is 2.62. The van der Waals surface area contributed by atoms with E-state index in [4.69, 9.17) is 10.5 Å². The van der Waals surface area contributed by atoms with Crippen LogP contribution in [0.4, 0.5) is 17.1 Å². The number of hydrogen-bond donors (Lipinski definition) is 2. The topological polar surface area (TPSA) is 62.5 Å². The van der Waals surface area contributed by atoms with E-state index in [1.54, 1.807) is 0 Å². The molecule has 1 aliphatic heterocycles. The van der Waals surface area contributed by atoms with Gasteiger partial charge in [-0.3, -0.25) is 10.7 Å². The van der Waals surface area contributed by atoms with E-state index in [1.807, 2.05) is 42.5 Å². The molecule has 0 aliphatic carbocycles. The average molecular weight is 294 g/mol. The predicted octanol–water partition coefficient (Wildman–Crippen LogP) is 2.69. The van der Waals surface area contributed by atoms with Crippen molar-refractivity contribution in [2.75, 3.05) is 41.5 Å². The largest absolute Gasteiger partial charge is 0.368 e. The van der Waals surface area contributed by atoms with Gasteiger partial charge in [0.1, 0.15) is 0 Å². The Labute approximate surface area is 130 Å². The Hall–Kier alpha value is -2.71. The van der Waals surface area contributed by atoms with Gasteiger partial charge in [0.15, 0.2) is 0 Å². The Balaban J connectivity index is 1.65. The van der Waals surface area contributed by atoms with E-state index in [0.717, 1.165) is 37.6 Å². The monoisotopic (exact) mass is 294 g/mol. The van der Waals surface area contributed by atoms with E-state index in [-0.39, 0.29) is 0 Å². The molecule has 112 valence electrons. The Morgan fingerprint density at radius 3 is 2.14 bits per heavy atom. The molecule has 1 heterocycles. The van der Waals surface area contributed by atoms with E-state index in [2.05, 4.69) is 27.4 Å². The molecular formula is C17H18N4O. The van der Waals surface area contributed by atoms with Crippen molar-refractivity contribution in [3.63, 3.8) is 0 Å². The van der Waals surface area contributed by atoms with Crippen molar-refractivity contribution >= 4 is 17.1 Å². The second-order valence-electron chi connectivity index (χ2n) is 5.29. The minimum Gasteiger partial charge on any atom is -0.368 e. The molecule has 0 unspecified atom stereocenters. The van der Waals surface area contributed by atoms with Gasteiger partial charge in [-0.2, -0.15) is 5.26 Å². The maximum Gasteiger partial charge on any atom is 0.0992 e. The van der Waals surface area contributed by atoms with Gasteiger partial charge in [0.05, 0.1) is 17.3 Å². The third kappa shape index (κ3) is 2.97. The molecule has 5 nitrogen and oxygen atoms in total. The fourth-order valence-corrected chi connectivity index (χ4v) is 2.74. The maximum atomic E-state index is 8.99. The zero-order chi connectivity index (χ0) is 15.4. The first-order valence-electron chi connectivity index (χ1n) is 7.30. The molecule has 0 saturated carbocycles. The number of piperazine rings is 1. The van der Waals surface area contributed by atoms with Crippen molar-refractivity contribution in [1.29, 1.82) is 5.26 Å². The molecule has 3 rings (SSSR count). The second kappa shape index (κ2) is 6.37. The molecule has 0 atom stereocenters. The number of benzene rings is 2. The number of nitrogens with one attached hydrogen (secondary N) is 1. The summed E-state index contributed by atoms with van der Waals surface area (Å²) in [6, 6.07) is 17.7. The van der Waals surface area contributed by atoms with Gasteiger partial charge in [-0.25, -0.2) is 0 Å². The first-order valence-corrected chi connectivity index (χ1v) is 7.30. The Morgan fingerprint density at radius 2 is 1.55 bits per heavy atom. The van der Waals surface area contributed by atoms with Crippen LogP contribution in [0, 0.1) is 11.3 Å². The van der Waals surface area contributed by atoms with Crippen molar-refractivity contribution in [2.45, 2.75) is 0 Å². The zero-order valence-electron chi connectivity index (χ0n) is 12.2. The molecule has 2 aromatic rings. The van der Waals surface area contributed by atoms with E-state index < -0.39 is 0 Å². The Morgan fingerprint density at radius 1 is 0.909 bits per heavy atom. The summed E-state index contributed by atoms with van der Waals surface area (Å²) >= 11 is 0. The minimum absolute atomic E-state index is 0.690. The Bertz CT molecular complexity index is 670. The van der Waals surface area contributed by atoms with Crippen molar-refractivity contribution in [3.8, 4) is 6.07 Å². The number of nitrogens with zero attached hydrogens (tertiary/aromatic N) is 3. The van der Waals surface area contributed by atoms with Gasteiger partial charge in [0.25, 0.3) is 0 Å². The second-order valence-corrected chi connectivity index (χ2v) is 5.29. The highest BCUT2D eigenvalue weighted by Crippen LogP contribution is 2.22. The standard InChI is InChI=1S/C17H18N4O/c18-13-14-2-1-3-17(12-14)21-10-8-20(9-11-21)16-6-4-15(19-22)5-7-16/h1-7,12,19,22H,8-11H2. The van der Waals surface area contributed by atoms with E-state index >= 15 is 0 Å². The third-order valence-electron chi connectivity index (χ3n) is 3.98. The van der Waals surface area contributed by atoms with E-state index in [0.29, 0.717) is 11.3 Å².